The summed E-state index contributed by atoms with van der Waals surface area (Å²) in [4.78, 5) is 0. The molecule has 1 aliphatic rings. The van der Waals surface area contributed by atoms with Gasteiger partial charge < -0.3 is 11.1 Å². The minimum absolute atomic E-state index is 0.794. The maximum absolute atomic E-state index is 5.98. The van der Waals surface area contributed by atoms with Crippen LogP contribution in [0.4, 0.5) is 11.4 Å². The van der Waals surface area contributed by atoms with Crippen LogP contribution in [-0.4, -0.2) is 16.7 Å². The van der Waals surface area contributed by atoms with Crippen molar-refractivity contribution in [2.75, 3.05) is 17.6 Å². The Bertz CT molecular complexity index is 517. The SMILES string of the molecule is CC1CC1CNc1cc2[nH]ncc2cc1N. The third-order valence-electron chi connectivity index (χ3n) is 3.44. The van der Waals surface area contributed by atoms with E-state index in [9.17, 15) is 0 Å². The average Bonchev–Trinajstić information content (AvgIpc) is 2.77. The van der Waals surface area contributed by atoms with Gasteiger partial charge in [0, 0.05) is 11.9 Å². The van der Waals surface area contributed by atoms with E-state index < -0.39 is 0 Å². The van der Waals surface area contributed by atoms with E-state index in [1.54, 1.807) is 6.20 Å². The van der Waals surface area contributed by atoms with Crippen LogP contribution < -0.4 is 11.1 Å². The lowest BCUT2D eigenvalue weighted by atomic mass is 10.2. The smallest absolute Gasteiger partial charge is 0.0672 e. The van der Waals surface area contributed by atoms with E-state index in [0.717, 1.165) is 40.7 Å². The minimum Gasteiger partial charge on any atom is -0.397 e. The van der Waals surface area contributed by atoms with Gasteiger partial charge in [-0.25, -0.2) is 0 Å². The molecule has 1 aromatic heterocycles. The minimum atomic E-state index is 0.794. The molecule has 84 valence electrons. The molecule has 0 bridgehead atoms. The zero-order valence-electron chi connectivity index (χ0n) is 9.33. The first-order chi connectivity index (χ1) is 7.74. The van der Waals surface area contributed by atoms with Crippen LogP contribution in [0.1, 0.15) is 13.3 Å². The normalized spacial score (nSPS) is 23.6. The highest BCUT2D eigenvalue weighted by Crippen LogP contribution is 2.38. The number of aromatic amines is 1. The van der Waals surface area contributed by atoms with E-state index in [4.69, 9.17) is 5.73 Å². The first kappa shape index (κ1) is 9.51. The summed E-state index contributed by atoms with van der Waals surface area (Å²) in [6, 6.07) is 3.99. The van der Waals surface area contributed by atoms with Crippen molar-refractivity contribution in [1.29, 1.82) is 0 Å². The molecular formula is C12H16N4. The highest BCUT2D eigenvalue weighted by molar-refractivity contribution is 5.88. The van der Waals surface area contributed by atoms with Crippen LogP contribution in [0.25, 0.3) is 10.9 Å². The highest BCUT2D eigenvalue weighted by Gasteiger charge is 2.31. The number of rotatable bonds is 3. The third kappa shape index (κ3) is 1.60. The van der Waals surface area contributed by atoms with Gasteiger partial charge in [-0.15, -0.1) is 0 Å². The molecule has 1 fully saturated rings. The molecule has 0 saturated heterocycles. The number of benzene rings is 1. The van der Waals surface area contributed by atoms with Gasteiger partial charge in [0.1, 0.15) is 0 Å². The molecule has 0 radical (unpaired) electrons. The number of nitrogens with one attached hydrogen (secondary N) is 2. The summed E-state index contributed by atoms with van der Waals surface area (Å²) in [6.07, 6.45) is 3.12. The van der Waals surface area contributed by atoms with Gasteiger partial charge in [0.2, 0.25) is 0 Å². The molecule has 3 rings (SSSR count). The number of aromatic nitrogens is 2. The number of hydrogen-bond donors (Lipinski definition) is 3. The summed E-state index contributed by atoms with van der Waals surface area (Å²) in [5.41, 5.74) is 8.81. The van der Waals surface area contributed by atoms with E-state index in [-0.39, 0.29) is 0 Å². The van der Waals surface area contributed by atoms with Gasteiger partial charge in [-0.05, 0) is 30.4 Å². The standard InChI is InChI=1S/C12H16N4/c1-7-2-8(7)5-14-12-4-11-9(3-10(12)13)6-15-16-11/h3-4,6-8,14H,2,5,13H2,1H3,(H,15,16). The fourth-order valence-electron chi connectivity index (χ4n) is 2.09. The van der Waals surface area contributed by atoms with Crippen molar-refractivity contribution >= 4 is 22.3 Å². The molecular weight excluding hydrogens is 200 g/mol. The lowest BCUT2D eigenvalue weighted by molar-refractivity contribution is 0.787. The number of H-pyrrole nitrogens is 1. The van der Waals surface area contributed by atoms with Gasteiger partial charge >= 0.3 is 0 Å². The Kier molecular flexibility index (Phi) is 2.02. The van der Waals surface area contributed by atoms with Crippen molar-refractivity contribution in [3.8, 4) is 0 Å². The van der Waals surface area contributed by atoms with Crippen molar-refractivity contribution in [1.82, 2.24) is 10.2 Å². The van der Waals surface area contributed by atoms with Crippen molar-refractivity contribution in [3.05, 3.63) is 18.3 Å². The van der Waals surface area contributed by atoms with Crippen LogP contribution in [0, 0.1) is 11.8 Å². The molecule has 0 amide bonds. The zero-order chi connectivity index (χ0) is 11.1. The van der Waals surface area contributed by atoms with Gasteiger partial charge in [0.05, 0.1) is 23.1 Å². The molecule has 4 nitrogen and oxygen atoms in total. The second-order valence-corrected chi connectivity index (χ2v) is 4.75. The zero-order valence-corrected chi connectivity index (χ0v) is 9.33. The van der Waals surface area contributed by atoms with E-state index in [2.05, 4.69) is 22.4 Å². The lowest BCUT2D eigenvalue weighted by Gasteiger charge is -2.08. The van der Waals surface area contributed by atoms with E-state index in [1.165, 1.54) is 6.42 Å². The lowest BCUT2D eigenvalue weighted by Crippen LogP contribution is -2.06. The van der Waals surface area contributed by atoms with Crippen molar-refractivity contribution in [2.45, 2.75) is 13.3 Å². The van der Waals surface area contributed by atoms with Gasteiger partial charge in [-0.1, -0.05) is 6.92 Å². The number of nitrogens with zero attached hydrogens (tertiary/aromatic N) is 1. The van der Waals surface area contributed by atoms with E-state index in [1.807, 2.05) is 12.1 Å². The molecule has 1 aromatic carbocycles. The average molecular weight is 216 g/mol. The maximum Gasteiger partial charge on any atom is 0.0672 e. The number of hydrogen-bond acceptors (Lipinski definition) is 3. The van der Waals surface area contributed by atoms with Crippen molar-refractivity contribution < 1.29 is 0 Å². The first-order valence-electron chi connectivity index (χ1n) is 5.70. The van der Waals surface area contributed by atoms with Crippen LogP contribution in [0.3, 0.4) is 0 Å². The van der Waals surface area contributed by atoms with Gasteiger partial charge in [-0.2, -0.15) is 5.10 Å². The van der Waals surface area contributed by atoms with Gasteiger partial charge in [0.25, 0.3) is 0 Å². The summed E-state index contributed by atoms with van der Waals surface area (Å²) in [5, 5.41) is 11.4. The first-order valence-corrected chi connectivity index (χ1v) is 5.70. The Morgan fingerprint density at radius 2 is 2.38 bits per heavy atom. The Morgan fingerprint density at radius 3 is 3.12 bits per heavy atom. The fraction of sp³-hybridized carbons (Fsp3) is 0.417. The van der Waals surface area contributed by atoms with Gasteiger partial charge in [0.15, 0.2) is 0 Å². The van der Waals surface area contributed by atoms with E-state index in [0.29, 0.717) is 0 Å². The molecule has 2 aromatic rings. The molecule has 2 unspecified atom stereocenters. The molecule has 1 heterocycles. The molecule has 4 heteroatoms. The molecule has 0 spiro atoms. The molecule has 2 atom stereocenters. The summed E-state index contributed by atoms with van der Waals surface area (Å²) in [7, 11) is 0. The third-order valence-corrected chi connectivity index (χ3v) is 3.44. The number of nitrogen functional groups attached to an aromatic ring is 1. The summed E-state index contributed by atoms with van der Waals surface area (Å²) in [5.74, 6) is 1.68. The molecule has 4 N–H and O–H groups in total. The predicted molar refractivity (Wildman–Crippen MR) is 66.3 cm³/mol. The fourth-order valence-corrected chi connectivity index (χ4v) is 2.09. The predicted octanol–water partition coefficient (Wildman–Crippen LogP) is 2.21. The molecule has 0 aliphatic heterocycles. The summed E-state index contributed by atoms with van der Waals surface area (Å²) < 4.78 is 0. The highest BCUT2D eigenvalue weighted by atomic mass is 15.1. The second kappa shape index (κ2) is 3.40. The molecule has 1 aliphatic carbocycles. The molecule has 1 saturated carbocycles. The second-order valence-electron chi connectivity index (χ2n) is 4.75. The monoisotopic (exact) mass is 216 g/mol. The number of anilines is 2. The largest absolute Gasteiger partial charge is 0.397 e. The van der Waals surface area contributed by atoms with Gasteiger partial charge in [-0.3, -0.25) is 5.10 Å². The molecule has 16 heavy (non-hydrogen) atoms. The quantitative estimate of drug-likeness (QED) is 0.689. The Labute approximate surface area is 94.2 Å². The topological polar surface area (TPSA) is 66.7 Å². The van der Waals surface area contributed by atoms with Crippen LogP contribution in [0.2, 0.25) is 0 Å². The van der Waals surface area contributed by atoms with Crippen LogP contribution in [0.5, 0.6) is 0 Å². The van der Waals surface area contributed by atoms with Crippen LogP contribution >= 0.6 is 0 Å². The Morgan fingerprint density at radius 1 is 1.56 bits per heavy atom. The number of nitrogens with two attached hydrogens (primary N) is 1. The van der Waals surface area contributed by atoms with Crippen molar-refractivity contribution in [2.24, 2.45) is 11.8 Å². The Hall–Kier alpha value is -1.71. The maximum atomic E-state index is 5.98. The Balaban J connectivity index is 1.81. The summed E-state index contributed by atoms with van der Waals surface area (Å²) >= 11 is 0. The summed E-state index contributed by atoms with van der Waals surface area (Å²) in [6.45, 7) is 3.30. The van der Waals surface area contributed by atoms with Crippen LogP contribution in [-0.2, 0) is 0 Å². The van der Waals surface area contributed by atoms with Crippen molar-refractivity contribution in [3.63, 3.8) is 0 Å². The number of fused-ring (bicyclic) bond motifs is 1. The van der Waals surface area contributed by atoms with Crippen LogP contribution in [0.15, 0.2) is 18.3 Å². The van der Waals surface area contributed by atoms with E-state index >= 15 is 0 Å².